The molecular formula is C27H24N4O4S. The minimum atomic E-state index is -0.488. The lowest BCUT2D eigenvalue weighted by atomic mass is 10.0. The Morgan fingerprint density at radius 1 is 1.06 bits per heavy atom. The molecule has 3 aromatic carbocycles. The van der Waals surface area contributed by atoms with Gasteiger partial charge in [-0.3, -0.25) is 20.2 Å². The van der Waals surface area contributed by atoms with Gasteiger partial charge in [0, 0.05) is 28.8 Å². The summed E-state index contributed by atoms with van der Waals surface area (Å²) in [4.78, 5) is 28.7. The lowest BCUT2D eigenvalue weighted by Gasteiger charge is -2.14. The van der Waals surface area contributed by atoms with Gasteiger partial charge in [-0.25, -0.2) is 4.98 Å². The minimum absolute atomic E-state index is 0.0225. The van der Waals surface area contributed by atoms with Crippen molar-refractivity contribution in [3.05, 3.63) is 94.0 Å². The molecule has 1 amide bonds. The van der Waals surface area contributed by atoms with Crippen molar-refractivity contribution in [3.8, 4) is 17.0 Å². The number of anilines is 1. The first-order valence-corrected chi connectivity index (χ1v) is 11.7. The van der Waals surface area contributed by atoms with E-state index < -0.39 is 10.8 Å². The monoisotopic (exact) mass is 500 g/mol. The van der Waals surface area contributed by atoms with Crippen LogP contribution in [0.1, 0.15) is 29.8 Å². The van der Waals surface area contributed by atoms with Crippen LogP contribution in [0, 0.1) is 17.0 Å². The Labute approximate surface area is 213 Å². The fourth-order valence-electron chi connectivity index (χ4n) is 3.69. The number of fused-ring (bicyclic) bond motifs is 1. The Kier molecular flexibility index (Phi) is 7.21. The molecular weight excluding hydrogens is 476 g/mol. The maximum Gasteiger partial charge on any atom is 0.271 e. The first-order chi connectivity index (χ1) is 17.2. The number of nitrogens with zero attached hydrogens (tertiary/aromatic N) is 2. The van der Waals surface area contributed by atoms with Crippen molar-refractivity contribution in [2.75, 3.05) is 5.32 Å². The highest BCUT2D eigenvalue weighted by atomic mass is 32.1. The number of ether oxygens (including phenoxy) is 1. The number of hydrogen-bond donors (Lipinski definition) is 2. The SMILES string of the molecule is Cc1ccc([N+](=O)[O-])cc1NC(=S)NC(=O)c1cc(-c2cccc(OC(C)C)c2)nc2ccccc12. The van der Waals surface area contributed by atoms with Gasteiger partial charge in [0.15, 0.2) is 5.11 Å². The van der Waals surface area contributed by atoms with Gasteiger partial charge in [-0.2, -0.15) is 0 Å². The largest absolute Gasteiger partial charge is 0.491 e. The van der Waals surface area contributed by atoms with E-state index in [0.29, 0.717) is 33.6 Å². The summed E-state index contributed by atoms with van der Waals surface area (Å²) in [5, 5.41) is 17.4. The van der Waals surface area contributed by atoms with Crippen molar-refractivity contribution in [1.82, 2.24) is 10.3 Å². The number of non-ortho nitro benzene ring substituents is 1. The smallest absolute Gasteiger partial charge is 0.271 e. The molecule has 1 aromatic heterocycles. The van der Waals surface area contributed by atoms with E-state index in [1.54, 1.807) is 19.1 Å². The molecule has 0 spiro atoms. The van der Waals surface area contributed by atoms with Crippen molar-refractivity contribution in [3.63, 3.8) is 0 Å². The Hall–Kier alpha value is -4.37. The summed E-state index contributed by atoms with van der Waals surface area (Å²) in [7, 11) is 0. The molecule has 0 saturated carbocycles. The summed E-state index contributed by atoms with van der Waals surface area (Å²) in [6.07, 6.45) is 0.0225. The number of nitro benzene ring substituents is 1. The summed E-state index contributed by atoms with van der Waals surface area (Å²) in [6.45, 7) is 5.70. The highest BCUT2D eigenvalue weighted by Crippen LogP contribution is 2.28. The van der Waals surface area contributed by atoms with Gasteiger partial charge in [0.1, 0.15) is 5.75 Å². The number of thiocarbonyl (C=S) groups is 1. The molecule has 0 radical (unpaired) electrons. The number of carbonyl (C=O) groups is 1. The number of carbonyl (C=O) groups excluding carboxylic acids is 1. The van der Waals surface area contributed by atoms with Crippen LogP contribution in [0.25, 0.3) is 22.2 Å². The van der Waals surface area contributed by atoms with E-state index in [1.165, 1.54) is 12.1 Å². The van der Waals surface area contributed by atoms with Crippen molar-refractivity contribution in [2.24, 2.45) is 0 Å². The third-order valence-corrected chi connectivity index (χ3v) is 5.57. The van der Waals surface area contributed by atoms with Crippen LogP contribution in [0.3, 0.4) is 0 Å². The van der Waals surface area contributed by atoms with Crippen LogP contribution in [0.15, 0.2) is 72.8 Å². The predicted octanol–water partition coefficient (Wildman–Crippen LogP) is 6.03. The zero-order valence-electron chi connectivity index (χ0n) is 19.9. The third-order valence-electron chi connectivity index (χ3n) is 5.37. The predicted molar refractivity (Wildman–Crippen MR) is 144 cm³/mol. The molecule has 4 rings (SSSR count). The van der Waals surface area contributed by atoms with E-state index in [4.69, 9.17) is 21.9 Å². The second-order valence-electron chi connectivity index (χ2n) is 8.43. The number of aryl methyl sites for hydroxylation is 1. The highest BCUT2D eigenvalue weighted by molar-refractivity contribution is 7.80. The number of amides is 1. The summed E-state index contributed by atoms with van der Waals surface area (Å²) in [5.74, 6) is 0.284. The molecule has 0 bridgehead atoms. The second kappa shape index (κ2) is 10.5. The van der Waals surface area contributed by atoms with Gasteiger partial charge in [-0.05, 0) is 62.8 Å². The molecule has 0 fully saturated rings. The van der Waals surface area contributed by atoms with Crippen LogP contribution in [0.5, 0.6) is 5.75 Å². The maximum atomic E-state index is 13.3. The summed E-state index contributed by atoms with van der Waals surface area (Å²) in [5.41, 5.74) is 3.58. The molecule has 1 heterocycles. The van der Waals surface area contributed by atoms with Crippen LogP contribution in [0.4, 0.5) is 11.4 Å². The first kappa shape index (κ1) is 24.7. The molecule has 0 aliphatic heterocycles. The molecule has 182 valence electrons. The maximum absolute atomic E-state index is 13.3. The molecule has 0 unspecified atom stereocenters. The van der Waals surface area contributed by atoms with Gasteiger partial charge >= 0.3 is 0 Å². The van der Waals surface area contributed by atoms with E-state index in [0.717, 1.165) is 11.1 Å². The fourth-order valence-corrected chi connectivity index (χ4v) is 3.90. The average molecular weight is 501 g/mol. The third kappa shape index (κ3) is 5.64. The summed E-state index contributed by atoms with van der Waals surface area (Å²) >= 11 is 5.34. The van der Waals surface area contributed by atoms with Gasteiger partial charge in [-0.15, -0.1) is 0 Å². The van der Waals surface area contributed by atoms with Crippen molar-refractivity contribution in [2.45, 2.75) is 26.9 Å². The fraction of sp³-hybridized carbons (Fsp3) is 0.148. The summed E-state index contributed by atoms with van der Waals surface area (Å²) < 4.78 is 5.81. The topological polar surface area (TPSA) is 106 Å². The van der Waals surface area contributed by atoms with E-state index in [2.05, 4.69) is 10.6 Å². The Morgan fingerprint density at radius 2 is 1.83 bits per heavy atom. The normalized spacial score (nSPS) is 10.8. The van der Waals surface area contributed by atoms with E-state index in [1.807, 2.05) is 62.4 Å². The molecule has 0 aliphatic carbocycles. The number of benzene rings is 3. The van der Waals surface area contributed by atoms with Crippen LogP contribution < -0.4 is 15.4 Å². The molecule has 0 aliphatic rings. The Balaban J connectivity index is 1.64. The van der Waals surface area contributed by atoms with Gasteiger partial charge in [0.25, 0.3) is 11.6 Å². The number of rotatable bonds is 6. The summed E-state index contributed by atoms with van der Waals surface area (Å²) in [6, 6.07) is 21.0. The lowest BCUT2D eigenvalue weighted by molar-refractivity contribution is -0.384. The molecule has 0 atom stereocenters. The van der Waals surface area contributed by atoms with Gasteiger partial charge in [0.05, 0.1) is 27.8 Å². The molecule has 4 aromatic rings. The molecule has 36 heavy (non-hydrogen) atoms. The average Bonchev–Trinajstić information content (AvgIpc) is 2.84. The van der Waals surface area contributed by atoms with E-state index in [-0.39, 0.29) is 16.9 Å². The zero-order chi connectivity index (χ0) is 25.8. The van der Waals surface area contributed by atoms with Gasteiger partial charge in [-0.1, -0.05) is 36.4 Å². The molecule has 8 nitrogen and oxygen atoms in total. The van der Waals surface area contributed by atoms with Crippen LogP contribution in [-0.2, 0) is 0 Å². The van der Waals surface area contributed by atoms with Crippen molar-refractivity contribution >= 4 is 45.5 Å². The van der Waals surface area contributed by atoms with Gasteiger partial charge < -0.3 is 10.1 Å². The number of aromatic nitrogens is 1. The number of para-hydroxylation sites is 1. The Morgan fingerprint density at radius 3 is 2.58 bits per heavy atom. The number of nitro groups is 1. The number of hydrogen-bond acceptors (Lipinski definition) is 6. The molecule has 2 N–H and O–H groups in total. The van der Waals surface area contributed by atoms with E-state index in [9.17, 15) is 14.9 Å². The minimum Gasteiger partial charge on any atom is -0.491 e. The van der Waals surface area contributed by atoms with E-state index >= 15 is 0 Å². The zero-order valence-corrected chi connectivity index (χ0v) is 20.8. The van der Waals surface area contributed by atoms with Gasteiger partial charge in [0.2, 0.25) is 0 Å². The number of nitrogens with one attached hydrogen (secondary N) is 2. The standard InChI is InChI=1S/C27H24N4O4S/c1-16(2)35-20-8-6-7-18(13-20)25-15-22(21-9-4-5-10-23(21)28-25)26(32)30-27(36)29-24-14-19(31(33)34)12-11-17(24)3/h4-16H,1-3H3,(H2,29,30,32,36). The number of pyridine rings is 1. The van der Waals surface area contributed by atoms with Crippen molar-refractivity contribution < 1.29 is 14.5 Å². The Bertz CT molecular complexity index is 1490. The first-order valence-electron chi connectivity index (χ1n) is 11.3. The van der Waals surface area contributed by atoms with Crippen molar-refractivity contribution in [1.29, 1.82) is 0 Å². The second-order valence-corrected chi connectivity index (χ2v) is 8.84. The lowest BCUT2D eigenvalue weighted by Crippen LogP contribution is -2.34. The quantitative estimate of drug-likeness (QED) is 0.189. The van der Waals surface area contributed by atoms with Crippen LogP contribution in [-0.4, -0.2) is 27.0 Å². The molecule has 9 heteroatoms. The van der Waals surface area contributed by atoms with Crippen LogP contribution in [0.2, 0.25) is 0 Å². The molecule has 0 saturated heterocycles. The highest BCUT2D eigenvalue weighted by Gasteiger charge is 2.17. The van der Waals surface area contributed by atoms with Crippen LogP contribution >= 0.6 is 12.2 Å².